The Balaban J connectivity index is 1.25. The number of nitrogens with one attached hydrogen (secondary N) is 1. The molecule has 0 fully saturated rings. The number of benzene rings is 2. The van der Waals surface area contributed by atoms with Gasteiger partial charge in [0.25, 0.3) is 5.91 Å². The van der Waals surface area contributed by atoms with Gasteiger partial charge < -0.3 is 14.8 Å². The Morgan fingerprint density at radius 1 is 0.875 bits per heavy atom. The summed E-state index contributed by atoms with van der Waals surface area (Å²) in [5.41, 5.74) is 1.84. The zero-order valence-corrected chi connectivity index (χ0v) is 25.1. The normalized spacial score (nSPS) is 11.0. The summed E-state index contributed by atoms with van der Waals surface area (Å²) in [5, 5.41) is 6.12. The van der Waals surface area contributed by atoms with Crippen molar-refractivity contribution in [1.82, 2.24) is 0 Å². The van der Waals surface area contributed by atoms with E-state index in [0.717, 1.165) is 24.9 Å². The van der Waals surface area contributed by atoms with E-state index in [1.54, 1.807) is 23.5 Å². The molecule has 0 aliphatic carbocycles. The molecule has 0 spiro atoms. The Bertz CT molecular complexity index is 1130. The summed E-state index contributed by atoms with van der Waals surface area (Å²) < 4.78 is 27.8. The van der Waals surface area contributed by atoms with Crippen molar-refractivity contribution in [3.05, 3.63) is 70.4 Å². The van der Waals surface area contributed by atoms with Crippen molar-refractivity contribution in [2.75, 3.05) is 18.5 Å². The number of hydrogen-bond donors (Lipinski definition) is 1. The number of rotatable bonds is 20. The van der Waals surface area contributed by atoms with Crippen molar-refractivity contribution >= 4 is 22.9 Å². The molecule has 218 valence electrons. The van der Waals surface area contributed by atoms with Crippen LogP contribution >= 0.6 is 11.3 Å². The Morgan fingerprint density at radius 3 is 2.12 bits per heavy atom. The molecular weight excluding hydrogens is 523 g/mol. The first kappa shape index (κ1) is 31.6. The van der Waals surface area contributed by atoms with Gasteiger partial charge in [-0.15, -0.1) is 0 Å². The second-order valence-corrected chi connectivity index (χ2v) is 11.5. The van der Waals surface area contributed by atoms with Crippen molar-refractivity contribution in [2.24, 2.45) is 0 Å². The van der Waals surface area contributed by atoms with E-state index < -0.39 is 5.82 Å². The highest BCUT2D eigenvalue weighted by molar-refractivity contribution is 7.09. The van der Waals surface area contributed by atoms with Gasteiger partial charge in [-0.2, -0.15) is 4.57 Å². The van der Waals surface area contributed by atoms with Gasteiger partial charge in [-0.3, -0.25) is 4.79 Å². The molecule has 5 nitrogen and oxygen atoms in total. The number of hydrogen-bond acceptors (Lipinski definition) is 4. The van der Waals surface area contributed by atoms with E-state index in [1.807, 2.05) is 24.3 Å². The molecule has 0 saturated carbocycles. The predicted molar refractivity (Wildman–Crippen MR) is 162 cm³/mol. The standard InChI is InChI=1S/C33H45FN2O3S/c1-3-4-5-6-7-8-9-10-11-12-13-14-22-38-32-20-19-30(24-31(32)34)39-26-33(37)35-29-17-15-28(16-18-29)25-36-21-23-40-27(36)2/h15-21,23-24H,3-14,22,25-26H2,1-2H3/p+1. The second-order valence-electron chi connectivity index (χ2n) is 10.4. The predicted octanol–water partition coefficient (Wildman–Crippen LogP) is 8.63. The largest absolute Gasteiger partial charge is 0.491 e. The number of unbranched alkanes of at least 4 members (excludes halogenated alkanes) is 11. The number of thiazole rings is 1. The number of anilines is 1. The minimum absolute atomic E-state index is 0.204. The summed E-state index contributed by atoms with van der Waals surface area (Å²) in [6, 6.07) is 12.2. The SMILES string of the molecule is CCCCCCCCCCCCCCOc1ccc(OCC(=O)Nc2ccc(C[n+]3ccsc3C)cc2)cc1F. The molecular formula is C33H46FN2O3S+. The molecule has 3 rings (SSSR count). The lowest BCUT2D eigenvalue weighted by Crippen LogP contribution is -2.34. The molecule has 0 bridgehead atoms. The van der Waals surface area contributed by atoms with Gasteiger partial charge in [0.05, 0.1) is 12.0 Å². The molecule has 0 unspecified atom stereocenters. The Kier molecular flexibility index (Phi) is 14.6. The zero-order valence-electron chi connectivity index (χ0n) is 24.3. The van der Waals surface area contributed by atoms with E-state index in [2.05, 4.69) is 35.3 Å². The average molecular weight is 570 g/mol. The number of nitrogens with zero attached hydrogens (tertiary/aromatic N) is 1. The molecule has 3 aromatic rings. The van der Waals surface area contributed by atoms with Crippen LogP contribution in [-0.2, 0) is 11.3 Å². The van der Waals surface area contributed by atoms with Crippen LogP contribution in [0.3, 0.4) is 0 Å². The number of aromatic nitrogens is 1. The minimum atomic E-state index is -0.480. The van der Waals surface area contributed by atoms with Crippen LogP contribution in [0.25, 0.3) is 0 Å². The third kappa shape index (κ3) is 12.1. The summed E-state index contributed by atoms with van der Waals surface area (Å²) in [6.07, 6.45) is 17.4. The highest BCUT2D eigenvalue weighted by atomic mass is 32.1. The number of aryl methyl sites for hydroxylation is 1. The third-order valence-electron chi connectivity index (χ3n) is 7.00. The van der Waals surface area contributed by atoms with Crippen LogP contribution in [0.5, 0.6) is 11.5 Å². The smallest absolute Gasteiger partial charge is 0.262 e. The number of amides is 1. The molecule has 40 heavy (non-hydrogen) atoms. The lowest BCUT2D eigenvalue weighted by atomic mass is 10.1. The molecule has 1 heterocycles. The summed E-state index contributed by atoms with van der Waals surface area (Å²) in [5.74, 6) is -0.269. The maximum atomic E-state index is 14.5. The quantitative estimate of drug-likeness (QED) is 0.109. The minimum Gasteiger partial charge on any atom is -0.491 e. The second kappa shape index (κ2) is 18.4. The number of carbonyl (C=O) groups is 1. The van der Waals surface area contributed by atoms with Gasteiger partial charge in [-0.05, 0) is 30.7 Å². The first-order valence-corrected chi connectivity index (χ1v) is 15.8. The van der Waals surface area contributed by atoms with Crippen molar-refractivity contribution in [1.29, 1.82) is 0 Å². The van der Waals surface area contributed by atoms with Crippen LogP contribution in [0.4, 0.5) is 10.1 Å². The highest BCUT2D eigenvalue weighted by Gasteiger charge is 2.10. The first-order valence-electron chi connectivity index (χ1n) is 14.9. The van der Waals surface area contributed by atoms with Crippen LogP contribution in [0.15, 0.2) is 54.0 Å². The molecule has 1 aromatic heterocycles. The fraction of sp³-hybridized carbons (Fsp3) is 0.515. The highest BCUT2D eigenvalue weighted by Crippen LogP contribution is 2.23. The van der Waals surface area contributed by atoms with Crippen LogP contribution in [-0.4, -0.2) is 19.1 Å². The van der Waals surface area contributed by atoms with Gasteiger partial charge in [0, 0.05) is 24.2 Å². The number of halogens is 1. The third-order valence-corrected chi connectivity index (χ3v) is 7.84. The van der Waals surface area contributed by atoms with Gasteiger partial charge in [-0.1, -0.05) is 101 Å². The number of carbonyl (C=O) groups excluding carboxylic acids is 1. The van der Waals surface area contributed by atoms with E-state index >= 15 is 0 Å². The molecule has 0 aliphatic rings. The fourth-order valence-corrected chi connectivity index (χ4v) is 5.25. The maximum Gasteiger partial charge on any atom is 0.262 e. The van der Waals surface area contributed by atoms with Crippen LogP contribution < -0.4 is 19.4 Å². The molecule has 0 saturated heterocycles. The van der Waals surface area contributed by atoms with Gasteiger partial charge in [0.1, 0.15) is 5.75 Å². The van der Waals surface area contributed by atoms with Crippen LogP contribution in [0.2, 0.25) is 0 Å². The fourth-order valence-electron chi connectivity index (χ4n) is 4.59. The zero-order chi connectivity index (χ0) is 28.4. The molecule has 0 aliphatic heterocycles. The lowest BCUT2D eigenvalue weighted by Gasteiger charge is -2.10. The summed E-state index contributed by atoms with van der Waals surface area (Å²) >= 11 is 1.71. The number of ether oxygens (including phenoxy) is 2. The van der Waals surface area contributed by atoms with Crippen molar-refractivity contribution in [3.63, 3.8) is 0 Å². The van der Waals surface area contributed by atoms with Gasteiger partial charge in [-0.25, -0.2) is 4.39 Å². The Labute approximate surface area is 243 Å². The summed E-state index contributed by atoms with van der Waals surface area (Å²) in [7, 11) is 0. The van der Waals surface area contributed by atoms with Crippen LogP contribution in [0.1, 0.15) is 94.5 Å². The summed E-state index contributed by atoms with van der Waals surface area (Å²) in [6.45, 7) is 5.43. The molecule has 7 heteroatoms. The van der Waals surface area contributed by atoms with Gasteiger partial charge in [0.15, 0.2) is 30.9 Å². The Morgan fingerprint density at radius 2 is 1.52 bits per heavy atom. The van der Waals surface area contributed by atoms with E-state index in [9.17, 15) is 9.18 Å². The van der Waals surface area contributed by atoms with E-state index in [0.29, 0.717) is 18.0 Å². The average Bonchev–Trinajstić information content (AvgIpc) is 3.36. The molecule has 0 radical (unpaired) electrons. The molecule has 1 amide bonds. The first-order chi connectivity index (χ1) is 19.5. The molecule has 0 atom stereocenters. The monoisotopic (exact) mass is 569 g/mol. The van der Waals surface area contributed by atoms with Crippen molar-refractivity contribution in [2.45, 2.75) is 97.4 Å². The van der Waals surface area contributed by atoms with Gasteiger partial charge >= 0.3 is 0 Å². The Hall–Kier alpha value is -2.93. The van der Waals surface area contributed by atoms with Crippen molar-refractivity contribution < 1.29 is 23.2 Å². The van der Waals surface area contributed by atoms with Crippen LogP contribution in [0, 0.1) is 12.7 Å². The maximum absolute atomic E-state index is 14.5. The van der Waals surface area contributed by atoms with E-state index in [-0.39, 0.29) is 18.3 Å². The summed E-state index contributed by atoms with van der Waals surface area (Å²) in [4.78, 5) is 12.3. The van der Waals surface area contributed by atoms with Crippen molar-refractivity contribution in [3.8, 4) is 11.5 Å². The lowest BCUT2D eigenvalue weighted by molar-refractivity contribution is -0.689. The van der Waals surface area contributed by atoms with Gasteiger partial charge in [0.2, 0.25) is 5.01 Å². The molecule has 2 aromatic carbocycles. The van der Waals surface area contributed by atoms with E-state index in [4.69, 9.17) is 9.47 Å². The molecule has 1 N–H and O–H groups in total. The topological polar surface area (TPSA) is 51.4 Å². The van der Waals surface area contributed by atoms with E-state index in [1.165, 1.54) is 75.3 Å².